The van der Waals surface area contributed by atoms with Gasteiger partial charge in [-0.15, -0.1) is 0 Å². The molecule has 6 aliphatic rings. The van der Waals surface area contributed by atoms with Crippen LogP contribution < -0.4 is 25.9 Å². The van der Waals surface area contributed by atoms with Crippen molar-refractivity contribution in [3.63, 3.8) is 0 Å². The molecule has 3 unspecified atom stereocenters. The van der Waals surface area contributed by atoms with Crippen LogP contribution in [0.2, 0.25) is 0 Å². The van der Waals surface area contributed by atoms with Crippen LogP contribution in [0.1, 0.15) is 32.1 Å². The molecule has 2 heterocycles. The SMILES string of the molecule is NC(=O)C12CC3C[C@H](C1)C(NC(=O)ON1CCN(c4ccc(N5CCN(S(=O)(=O)CC(F)(F)F)CC5)cc4)c4ccccc41)[C@@H](C3)C2. The van der Waals surface area contributed by atoms with E-state index in [1.807, 2.05) is 53.4 Å². The Balaban J connectivity index is 0.978. The van der Waals surface area contributed by atoms with Gasteiger partial charge < -0.3 is 25.7 Å². The lowest BCUT2D eigenvalue weighted by Crippen LogP contribution is -2.62. The summed E-state index contributed by atoms with van der Waals surface area (Å²) in [6.45, 7) is 1.50. The van der Waals surface area contributed by atoms with E-state index < -0.39 is 33.5 Å². The van der Waals surface area contributed by atoms with E-state index in [9.17, 15) is 31.2 Å². The number of hydrogen-bond acceptors (Lipinski definition) is 8. The second-order valence-electron chi connectivity index (χ2n) is 13.7. The van der Waals surface area contributed by atoms with Gasteiger partial charge >= 0.3 is 12.3 Å². The summed E-state index contributed by atoms with van der Waals surface area (Å²) in [6.07, 6.45) is -0.973. The Morgan fingerprint density at radius 3 is 2.11 bits per heavy atom. The fraction of sp³-hybridized carbons (Fsp3) is 0.562. The zero-order valence-corrected chi connectivity index (χ0v) is 26.7. The van der Waals surface area contributed by atoms with E-state index in [0.29, 0.717) is 19.0 Å². The summed E-state index contributed by atoms with van der Waals surface area (Å²) >= 11 is 0. The number of rotatable bonds is 7. The summed E-state index contributed by atoms with van der Waals surface area (Å²) < 4.78 is 63.4. The predicted molar refractivity (Wildman–Crippen MR) is 169 cm³/mol. The number of anilines is 4. The minimum absolute atomic E-state index is 0.0141. The zero-order valence-electron chi connectivity index (χ0n) is 25.9. The topological polar surface area (TPSA) is 129 Å². The lowest BCUT2D eigenvalue weighted by Gasteiger charge is -2.58. The van der Waals surface area contributed by atoms with Gasteiger partial charge in [-0.2, -0.15) is 17.5 Å². The fourth-order valence-corrected chi connectivity index (χ4v) is 10.2. The second-order valence-corrected chi connectivity index (χ2v) is 15.6. The second kappa shape index (κ2) is 11.8. The molecular weight excluding hydrogens is 637 g/mol. The summed E-state index contributed by atoms with van der Waals surface area (Å²) in [5.74, 6) is -1.12. The van der Waals surface area contributed by atoms with Crippen LogP contribution in [0.3, 0.4) is 0 Å². The summed E-state index contributed by atoms with van der Waals surface area (Å²) in [5, 5.41) is 4.75. The number of fused-ring (bicyclic) bond motifs is 1. The number of hydrogen-bond donors (Lipinski definition) is 2. The van der Waals surface area contributed by atoms with Crippen molar-refractivity contribution in [2.45, 2.75) is 44.3 Å². The van der Waals surface area contributed by atoms with E-state index in [1.165, 1.54) is 0 Å². The molecule has 0 spiro atoms. The highest BCUT2D eigenvalue weighted by Crippen LogP contribution is 2.60. The summed E-state index contributed by atoms with van der Waals surface area (Å²) in [7, 11) is -4.41. The maximum Gasteiger partial charge on any atom is 0.431 e. The van der Waals surface area contributed by atoms with E-state index in [-0.39, 0.29) is 50.0 Å². The molecule has 1 saturated heterocycles. The molecule has 47 heavy (non-hydrogen) atoms. The largest absolute Gasteiger partial charge is 0.431 e. The van der Waals surface area contributed by atoms with Crippen molar-refractivity contribution in [2.24, 2.45) is 28.9 Å². The normalized spacial score (nSPS) is 29.0. The Kier molecular flexibility index (Phi) is 7.97. The van der Waals surface area contributed by atoms with Crippen molar-refractivity contribution in [2.75, 3.05) is 59.9 Å². The number of benzene rings is 2. The number of sulfonamides is 1. The summed E-state index contributed by atoms with van der Waals surface area (Å²) in [5.41, 5.74) is 8.76. The third-order valence-corrected chi connectivity index (χ3v) is 12.6. The van der Waals surface area contributed by atoms with E-state index in [0.717, 1.165) is 59.2 Å². The number of para-hydroxylation sites is 2. The van der Waals surface area contributed by atoms with Gasteiger partial charge in [-0.05, 0) is 86.3 Å². The molecule has 4 aliphatic carbocycles. The Hall–Kier alpha value is -3.72. The van der Waals surface area contributed by atoms with Crippen molar-refractivity contribution in [3.05, 3.63) is 48.5 Å². The molecule has 4 saturated carbocycles. The van der Waals surface area contributed by atoms with Crippen LogP contribution in [0.5, 0.6) is 0 Å². The molecule has 8 rings (SSSR count). The standard InChI is InChI=1S/C32H39F3N6O5S/c33-32(34,35)20-47(44,45)39-11-9-38(10-12-39)24-5-7-25(8-6-24)40-13-14-41(27-4-2-1-3-26(27)40)46-30(43)37-28-22-15-21-16-23(28)19-31(17-21,18-22)29(36)42/h1-8,21-23,28H,9-20H2,(H2,36,42)(H,37,43)/t21?,22-,23+,28?,31?. The molecule has 2 aromatic rings. The maximum atomic E-state index is 13.2. The van der Waals surface area contributed by atoms with E-state index in [2.05, 4.69) is 10.2 Å². The van der Waals surface area contributed by atoms with E-state index >= 15 is 0 Å². The first-order valence-corrected chi connectivity index (χ1v) is 17.7. The van der Waals surface area contributed by atoms with Crippen LogP contribution in [-0.4, -0.2) is 82.0 Å². The number of amides is 2. The van der Waals surface area contributed by atoms with Crippen LogP contribution in [0.15, 0.2) is 48.5 Å². The number of carbonyl (C=O) groups is 2. The number of alkyl halides is 3. The molecule has 5 fully saturated rings. The molecule has 0 radical (unpaired) electrons. The van der Waals surface area contributed by atoms with E-state index in [1.54, 1.807) is 5.06 Å². The molecule has 4 bridgehead atoms. The van der Waals surface area contributed by atoms with Gasteiger partial charge in [0.1, 0.15) is 0 Å². The molecule has 2 aliphatic heterocycles. The molecular formula is C32H39F3N6O5S. The first-order valence-electron chi connectivity index (χ1n) is 16.1. The van der Waals surface area contributed by atoms with Gasteiger partial charge in [-0.1, -0.05) is 12.1 Å². The monoisotopic (exact) mass is 676 g/mol. The number of nitrogens with two attached hydrogens (primary N) is 1. The Labute approximate surface area is 271 Å². The first kappa shape index (κ1) is 31.9. The van der Waals surface area contributed by atoms with Crippen molar-refractivity contribution < 1.29 is 36.0 Å². The molecule has 3 N–H and O–H groups in total. The van der Waals surface area contributed by atoms with Gasteiger partial charge in [-0.25, -0.2) is 18.3 Å². The third kappa shape index (κ3) is 6.19. The average Bonchev–Trinajstić information content (AvgIpc) is 3.02. The van der Waals surface area contributed by atoms with Crippen LogP contribution in [0, 0.1) is 23.2 Å². The number of hydroxylamine groups is 1. The molecule has 2 aromatic carbocycles. The van der Waals surface area contributed by atoms with Crippen LogP contribution in [-0.2, 0) is 19.7 Å². The lowest BCUT2D eigenvalue weighted by molar-refractivity contribution is -0.145. The molecule has 254 valence electrons. The highest BCUT2D eigenvalue weighted by Gasteiger charge is 2.58. The fourth-order valence-electron chi connectivity index (χ4n) is 8.89. The Morgan fingerprint density at radius 1 is 0.872 bits per heavy atom. The van der Waals surface area contributed by atoms with Gasteiger partial charge in [0.2, 0.25) is 15.9 Å². The quantitative estimate of drug-likeness (QED) is 0.451. The number of carbonyl (C=O) groups excluding carboxylic acids is 2. The smallest absolute Gasteiger partial charge is 0.369 e. The number of halogens is 3. The number of primary amides is 1. The van der Waals surface area contributed by atoms with Gasteiger partial charge in [0.05, 0.1) is 17.9 Å². The van der Waals surface area contributed by atoms with Crippen molar-refractivity contribution in [1.82, 2.24) is 9.62 Å². The van der Waals surface area contributed by atoms with Crippen molar-refractivity contribution in [1.29, 1.82) is 0 Å². The van der Waals surface area contributed by atoms with Gasteiger partial charge in [0, 0.05) is 55.6 Å². The van der Waals surface area contributed by atoms with Crippen LogP contribution >= 0.6 is 0 Å². The highest BCUT2D eigenvalue weighted by molar-refractivity contribution is 7.89. The van der Waals surface area contributed by atoms with Gasteiger partial charge in [0.25, 0.3) is 0 Å². The Bertz CT molecular complexity index is 1620. The minimum Gasteiger partial charge on any atom is -0.369 e. The van der Waals surface area contributed by atoms with Crippen LogP contribution in [0.25, 0.3) is 0 Å². The first-order chi connectivity index (χ1) is 22.3. The molecule has 5 atom stereocenters. The van der Waals surface area contributed by atoms with Crippen molar-refractivity contribution in [3.8, 4) is 0 Å². The lowest BCUT2D eigenvalue weighted by atomic mass is 9.47. The predicted octanol–water partition coefficient (Wildman–Crippen LogP) is 3.98. The zero-order chi connectivity index (χ0) is 33.1. The summed E-state index contributed by atoms with van der Waals surface area (Å²) in [6, 6.07) is 15.4. The molecule has 0 aromatic heterocycles. The number of piperazine rings is 1. The van der Waals surface area contributed by atoms with Gasteiger partial charge in [0.15, 0.2) is 5.75 Å². The average molecular weight is 677 g/mol. The third-order valence-electron chi connectivity index (χ3n) is 10.7. The maximum absolute atomic E-state index is 13.2. The highest BCUT2D eigenvalue weighted by atomic mass is 32.2. The molecule has 15 heteroatoms. The number of nitrogens with zero attached hydrogens (tertiary/aromatic N) is 4. The van der Waals surface area contributed by atoms with E-state index in [4.69, 9.17) is 10.6 Å². The minimum atomic E-state index is -4.78. The Morgan fingerprint density at radius 2 is 1.49 bits per heavy atom. The number of nitrogens with one attached hydrogen (secondary N) is 1. The molecule has 11 nitrogen and oxygen atoms in total. The summed E-state index contributed by atoms with van der Waals surface area (Å²) in [4.78, 5) is 35.5. The van der Waals surface area contributed by atoms with Crippen molar-refractivity contribution >= 4 is 44.8 Å². The molecule has 2 amide bonds. The van der Waals surface area contributed by atoms with Gasteiger partial charge in [-0.3, -0.25) is 4.79 Å². The van der Waals surface area contributed by atoms with Crippen LogP contribution in [0.4, 0.5) is 40.7 Å².